The van der Waals surface area contributed by atoms with Crippen molar-refractivity contribution in [2.75, 3.05) is 7.11 Å². The number of pyridine rings is 1. The lowest BCUT2D eigenvalue weighted by atomic mass is 9.94. The van der Waals surface area contributed by atoms with Crippen molar-refractivity contribution in [3.63, 3.8) is 0 Å². The average molecular weight is 396 g/mol. The van der Waals surface area contributed by atoms with Gasteiger partial charge in [0.1, 0.15) is 18.1 Å². The first-order chi connectivity index (χ1) is 13.6. The Bertz CT molecular complexity index is 947. The number of aromatic nitrogens is 1. The van der Waals surface area contributed by atoms with Gasteiger partial charge in [-0.1, -0.05) is 49.7 Å². The van der Waals surface area contributed by atoms with Gasteiger partial charge in [0, 0.05) is 23.4 Å². The average Bonchev–Trinajstić information content (AvgIpc) is 2.72. The molecule has 28 heavy (non-hydrogen) atoms. The van der Waals surface area contributed by atoms with Gasteiger partial charge in [0.15, 0.2) is 0 Å². The number of methoxy groups -OCH3 is 1. The van der Waals surface area contributed by atoms with Crippen molar-refractivity contribution < 1.29 is 9.47 Å². The Kier molecular flexibility index (Phi) is 6.58. The minimum atomic E-state index is 0.343. The van der Waals surface area contributed by atoms with Crippen molar-refractivity contribution in [3.05, 3.63) is 75.9 Å². The van der Waals surface area contributed by atoms with Crippen molar-refractivity contribution in [1.82, 2.24) is 4.98 Å². The predicted molar refractivity (Wildman–Crippen MR) is 116 cm³/mol. The van der Waals surface area contributed by atoms with Crippen LogP contribution in [0.4, 0.5) is 0 Å². The Morgan fingerprint density at radius 2 is 1.64 bits per heavy atom. The maximum Gasteiger partial charge on any atom is 0.138 e. The van der Waals surface area contributed by atoms with E-state index in [1.807, 2.05) is 37.4 Å². The second-order valence-electron chi connectivity index (χ2n) is 6.76. The molecule has 3 nitrogen and oxygen atoms in total. The van der Waals surface area contributed by atoms with Gasteiger partial charge in [-0.15, -0.1) is 0 Å². The van der Waals surface area contributed by atoms with Crippen LogP contribution in [0.2, 0.25) is 5.02 Å². The molecule has 4 heteroatoms. The van der Waals surface area contributed by atoms with E-state index in [2.05, 4.69) is 32.0 Å². The molecule has 0 unspecified atom stereocenters. The first-order valence-electron chi connectivity index (χ1n) is 9.60. The standard InChI is InChI=1S/C24H26ClNO2/c1-5-17-8-7-9-18(6-2)24(17)21-13-23(27-4)19(14-26-21)15-28-22-11-10-16(3)12-20(22)25/h7-14H,5-6,15H2,1-4H3. The molecule has 0 saturated heterocycles. The SMILES string of the molecule is CCc1cccc(CC)c1-c1cc(OC)c(COc2ccc(C)cc2Cl)cn1. The van der Waals surface area contributed by atoms with E-state index in [1.54, 1.807) is 7.11 Å². The highest BCUT2D eigenvalue weighted by Crippen LogP contribution is 2.32. The fourth-order valence-electron chi connectivity index (χ4n) is 3.35. The van der Waals surface area contributed by atoms with Gasteiger partial charge in [-0.3, -0.25) is 4.98 Å². The molecular weight excluding hydrogens is 370 g/mol. The van der Waals surface area contributed by atoms with Gasteiger partial charge in [-0.2, -0.15) is 0 Å². The lowest BCUT2D eigenvalue weighted by Crippen LogP contribution is -2.02. The molecule has 2 aromatic carbocycles. The zero-order valence-electron chi connectivity index (χ0n) is 16.9. The molecule has 0 amide bonds. The molecule has 0 spiro atoms. The second-order valence-corrected chi connectivity index (χ2v) is 7.17. The van der Waals surface area contributed by atoms with E-state index in [0.717, 1.165) is 35.4 Å². The summed E-state index contributed by atoms with van der Waals surface area (Å²) in [6.07, 6.45) is 3.76. The van der Waals surface area contributed by atoms with Crippen molar-refractivity contribution in [3.8, 4) is 22.8 Å². The van der Waals surface area contributed by atoms with Crippen LogP contribution in [0.25, 0.3) is 11.3 Å². The summed E-state index contributed by atoms with van der Waals surface area (Å²) in [6, 6.07) is 14.2. The summed E-state index contributed by atoms with van der Waals surface area (Å²) >= 11 is 6.27. The highest BCUT2D eigenvalue weighted by Gasteiger charge is 2.14. The fourth-order valence-corrected chi connectivity index (χ4v) is 3.64. The third-order valence-electron chi connectivity index (χ3n) is 4.89. The molecule has 0 bridgehead atoms. The van der Waals surface area contributed by atoms with Gasteiger partial charge < -0.3 is 9.47 Å². The van der Waals surface area contributed by atoms with Gasteiger partial charge >= 0.3 is 0 Å². The Morgan fingerprint density at radius 1 is 0.929 bits per heavy atom. The topological polar surface area (TPSA) is 31.4 Å². The highest BCUT2D eigenvalue weighted by atomic mass is 35.5. The van der Waals surface area contributed by atoms with Crippen LogP contribution in [0, 0.1) is 6.92 Å². The number of benzene rings is 2. The van der Waals surface area contributed by atoms with Crippen molar-refractivity contribution in [1.29, 1.82) is 0 Å². The molecule has 0 atom stereocenters. The Balaban J connectivity index is 1.91. The van der Waals surface area contributed by atoms with Crippen LogP contribution in [0.15, 0.2) is 48.7 Å². The molecule has 1 heterocycles. The highest BCUT2D eigenvalue weighted by molar-refractivity contribution is 6.32. The number of ether oxygens (including phenoxy) is 2. The summed E-state index contributed by atoms with van der Waals surface area (Å²) in [5.74, 6) is 1.42. The Hall–Kier alpha value is -2.52. The van der Waals surface area contributed by atoms with Crippen molar-refractivity contribution in [2.24, 2.45) is 0 Å². The minimum absolute atomic E-state index is 0.343. The van der Waals surface area contributed by atoms with E-state index in [4.69, 9.17) is 26.1 Å². The van der Waals surface area contributed by atoms with Crippen LogP contribution in [-0.2, 0) is 19.4 Å². The predicted octanol–water partition coefficient (Wildman–Crippen LogP) is 6.42. The molecule has 0 saturated carbocycles. The zero-order chi connectivity index (χ0) is 20.1. The molecule has 0 aliphatic heterocycles. The third kappa shape index (κ3) is 4.31. The van der Waals surface area contributed by atoms with Gasteiger partial charge in [0.25, 0.3) is 0 Å². The van der Waals surface area contributed by atoms with Crippen LogP contribution < -0.4 is 9.47 Å². The molecular formula is C24H26ClNO2. The fraction of sp³-hybridized carbons (Fsp3) is 0.292. The Labute approximate surface area is 172 Å². The molecule has 0 aliphatic carbocycles. The number of hydrogen-bond acceptors (Lipinski definition) is 3. The van der Waals surface area contributed by atoms with E-state index in [1.165, 1.54) is 16.7 Å². The first-order valence-corrected chi connectivity index (χ1v) is 9.98. The molecule has 0 radical (unpaired) electrons. The first kappa shape index (κ1) is 20.2. The smallest absolute Gasteiger partial charge is 0.138 e. The zero-order valence-corrected chi connectivity index (χ0v) is 17.6. The summed E-state index contributed by atoms with van der Waals surface area (Å²) in [7, 11) is 1.67. The van der Waals surface area contributed by atoms with Crippen LogP contribution in [-0.4, -0.2) is 12.1 Å². The summed E-state index contributed by atoms with van der Waals surface area (Å²) in [4.78, 5) is 4.73. The number of hydrogen-bond donors (Lipinski definition) is 0. The lowest BCUT2D eigenvalue weighted by Gasteiger charge is -2.16. The van der Waals surface area contributed by atoms with Crippen LogP contribution >= 0.6 is 11.6 Å². The number of nitrogens with zero attached hydrogens (tertiary/aromatic N) is 1. The molecule has 3 aromatic rings. The second kappa shape index (κ2) is 9.11. The van der Waals surface area contributed by atoms with Crippen molar-refractivity contribution in [2.45, 2.75) is 40.2 Å². The van der Waals surface area contributed by atoms with Crippen LogP contribution in [0.1, 0.15) is 36.1 Å². The normalized spacial score (nSPS) is 10.8. The third-order valence-corrected chi connectivity index (χ3v) is 5.18. The Morgan fingerprint density at radius 3 is 2.25 bits per heavy atom. The summed E-state index contributed by atoms with van der Waals surface area (Å²) in [5, 5.41) is 0.605. The number of halogens is 1. The number of aryl methyl sites for hydroxylation is 3. The van der Waals surface area contributed by atoms with Gasteiger partial charge in [-0.25, -0.2) is 0 Å². The number of rotatable bonds is 7. The monoisotopic (exact) mass is 395 g/mol. The largest absolute Gasteiger partial charge is 0.496 e. The van der Waals surface area contributed by atoms with Crippen LogP contribution in [0.3, 0.4) is 0 Å². The van der Waals surface area contributed by atoms with Gasteiger partial charge in [0.05, 0.1) is 17.8 Å². The maximum atomic E-state index is 6.27. The van der Waals surface area contributed by atoms with Crippen molar-refractivity contribution >= 4 is 11.6 Å². The van der Waals surface area contributed by atoms with E-state index >= 15 is 0 Å². The van der Waals surface area contributed by atoms with Gasteiger partial charge in [0.2, 0.25) is 0 Å². The summed E-state index contributed by atoms with van der Waals surface area (Å²) in [5.41, 5.74) is 6.72. The van der Waals surface area contributed by atoms with Gasteiger partial charge in [-0.05, 0) is 48.6 Å². The summed E-state index contributed by atoms with van der Waals surface area (Å²) in [6.45, 7) is 6.68. The molecule has 3 rings (SSSR count). The van der Waals surface area contributed by atoms with E-state index in [-0.39, 0.29) is 0 Å². The molecule has 146 valence electrons. The molecule has 0 N–H and O–H groups in total. The molecule has 1 aromatic heterocycles. The van der Waals surface area contributed by atoms with Crippen LogP contribution in [0.5, 0.6) is 11.5 Å². The minimum Gasteiger partial charge on any atom is -0.496 e. The molecule has 0 aliphatic rings. The van der Waals surface area contributed by atoms with E-state index in [0.29, 0.717) is 17.4 Å². The quantitative estimate of drug-likeness (QED) is 0.462. The summed E-state index contributed by atoms with van der Waals surface area (Å²) < 4.78 is 11.5. The van der Waals surface area contributed by atoms with E-state index < -0.39 is 0 Å². The maximum absolute atomic E-state index is 6.27. The molecule has 0 fully saturated rings. The lowest BCUT2D eigenvalue weighted by molar-refractivity contribution is 0.296. The van der Waals surface area contributed by atoms with E-state index in [9.17, 15) is 0 Å².